The van der Waals surface area contributed by atoms with E-state index in [9.17, 15) is 14.4 Å². The highest BCUT2D eigenvalue weighted by Crippen LogP contribution is 2.22. The van der Waals surface area contributed by atoms with Crippen LogP contribution in [0.1, 0.15) is 40.5 Å². The number of methoxy groups -OCH3 is 1. The molecule has 2 aromatic rings. The average Bonchev–Trinajstić information content (AvgIpc) is 3.14. The Hall–Kier alpha value is -1.99. The van der Waals surface area contributed by atoms with Crippen molar-refractivity contribution in [3.63, 3.8) is 0 Å². The summed E-state index contributed by atoms with van der Waals surface area (Å²) >= 11 is 4.77. The minimum absolute atomic E-state index is 0.0589. The molecule has 25 heavy (non-hydrogen) atoms. The zero-order valence-electron chi connectivity index (χ0n) is 13.7. The van der Waals surface area contributed by atoms with Crippen molar-refractivity contribution in [3.8, 4) is 0 Å². The minimum atomic E-state index is -0.442. The summed E-state index contributed by atoms with van der Waals surface area (Å²) in [6.45, 7) is 0. The predicted octanol–water partition coefficient (Wildman–Crippen LogP) is 3.89. The summed E-state index contributed by atoms with van der Waals surface area (Å²) in [5, 5.41) is 4.69. The summed E-state index contributed by atoms with van der Waals surface area (Å²) < 4.78 is 5.57. The lowest BCUT2D eigenvalue weighted by atomic mass is 10.1. The first kappa shape index (κ1) is 19.3. The SMILES string of the molecule is COC(=O)C[C@@H](NC(=O)CCC(=O)c1ccc(Br)cc1)c1cccs1. The van der Waals surface area contributed by atoms with Crippen molar-refractivity contribution < 1.29 is 19.1 Å². The first-order valence-corrected chi connectivity index (χ1v) is 9.35. The standard InChI is InChI=1S/C18H18BrNO4S/c1-24-18(23)11-14(16-3-2-10-25-16)20-17(22)9-8-15(21)12-4-6-13(19)7-5-12/h2-7,10,14H,8-9,11H2,1H3,(H,20,22)/t14-/m1/s1. The Morgan fingerprint density at radius 1 is 1.16 bits per heavy atom. The van der Waals surface area contributed by atoms with Crippen LogP contribution in [0.25, 0.3) is 0 Å². The fraction of sp³-hybridized carbons (Fsp3) is 0.278. The van der Waals surface area contributed by atoms with Gasteiger partial charge in [0.15, 0.2) is 5.78 Å². The van der Waals surface area contributed by atoms with Gasteiger partial charge in [-0.3, -0.25) is 14.4 Å². The normalized spacial score (nSPS) is 11.6. The molecular weight excluding hydrogens is 406 g/mol. The third kappa shape index (κ3) is 6.10. The van der Waals surface area contributed by atoms with Crippen molar-refractivity contribution >= 4 is 44.9 Å². The van der Waals surface area contributed by atoms with Crippen LogP contribution < -0.4 is 5.32 Å². The van der Waals surface area contributed by atoms with Crippen LogP contribution in [0.3, 0.4) is 0 Å². The highest BCUT2D eigenvalue weighted by molar-refractivity contribution is 9.10. The summed E-state index contributed by atoms with van der Waals surface area (Å²) in [5.41, 5.74) is 0.570. The Kier molecular flexibility index (Phi) is 7.33. The molecule has 0 bridgehead atoms. The molecule has 0 saturated heterocycles. The molecule has 0 unspecified atom stereocenters. The van der Waals surface area contributed by atoms with Gasteiger partial charge in [-0.1, -0.05) is 34.1 Å². The largest absolute Gasteiger partial charge is 0.469 e. The van der Waals surface area contributed by atoms with Gasteiger partial charge >= 0.3 is 5.97 Å². The van der Waals surface area contributed by atoms with E-state index in [1.807, 2.05) is 17.5 Å². The molecule has 0 spiro atoms. The molecule has 0 aliphatic rings. The van der Waals surface area contributed by atoms with Gasteiger partial charge in [0, 0.05) is 27.8 Å². The maximum Gasteiger partial charge on any atom is 0.307 e. The fourth-order valence-corrected chi connectivity index (χ4v) is 3.28. The fourth-order valence-electron chi connectivity index (χ4n) is 2.24. The monoisotopic (exact) mass is 423 g/mol. The summed E-state index contributed by atoms with van der Waals surface area (Å²) in [6, 6.07) is 10.3. The van der Waals surface area contributed by atoms with Gasteiger partial charge < -0.3 is 10.1 Å². The molecule has 1 aromatic carbocycles. The van der Waals surface area contributed by atoms with E-state index < -0.39 is 12.0 Å². The second kappa shape index (κ2) is 9.48. The quantitative estimate of drug-likeness (QED) is 0.516. The molecule has 132 valence electrons. The molecule has 1 heterocycles. The van der Waals surface area contributed by atoms with E-state index in [2.05, 4.69) is 26.0 Å². The molecule has 1 amide bonds. The summed E-state index contributed by atoms with van der Waals surface area (Å²) in [5.74, 6) is -0.763. The smallest absolute Gasteiger partial charge is 0.307 e. The maximum atomic E-state index is 12.2. The highest BCUT2D eigenvalue weighted by atomic mass is 79.9. The zero-order valence-corrected chi connectivity index (χ0v) is 16.1. The maximum absolute atomic E-state index is 12.2. The zero-order chi connectivity index (χ0) is 18.2. The second-order valence-electron chi connectivity index (χ2n) is 5.35. The molecule has 0 saturated carbocycles. The number of carbonyl (C=O) groups excluding carboxylic acids is 3. The van der Waals surface area contributed by atoms with Crippen LogP contribution in [0.5, 0.6) is 0 Å². The number of hydrogen-bond acceptors (Lipinski definition) is 5. The third-order valence-corrected chi connectivity index (χ3v) is 5.08. The van der Waals surface area contributed by atoms with Gasteiger partial charge in [0.05, 0.1) is 19.6 Å². The number of benzene rings is 1. The van der Waals surface area contributed by atoms with Gasteiger partial charge in [-0.25, -0.2) is 0 Å². The number of carbonyl (C=O) groups is 3. The van der Waals surface area contributed by atoms with Gasteiger partial charge in [0.2, 0.25) is 5.91 Å². The van der Waals surface area contributed by atoms with E-state index in [-0.39, 0.29) is 31.0 Å². The molecule has 5 nitrogen and oxygen atoms in total. The lowest BCUT2D eigenvalue weighted by Gasteiger charge is -2.16. The molecule has 2 rings (SSSR count). The van der Waals surface area contributed by atoms with E-state index in [1.54, 1.807) is 24.3 Å². The summed E-state index contributed by atoms with van der Waals surface area (Å²) in [7, 11) is 1.31. The summed E-state index contributed by atoms with van der Waals surface area (Å²) in [6.07, 6.45) is 0.240. The van der Waals surface area contributed by atoms with Gasteiger partial charge in [0.25, 0.3) is 0 Å². The first-order valence-electron chi connectivity index (χ1n) is 7.68. The van der Waals surface area contributed by atoms with Crippen LogP contribution in [-0.2, 0) is 14.3 Å². The number of nitrogens with one attached hydrogen (secondary N) is 1. The second-order valence-corrected chi connectivity index (χ2v) is 7.24. The number of hydrogen-bond donors (Lipinski definition) is 1. The molecule has 1 N–H and O–H groups in total. The van der Waals surface area contributed by atoms with Crippen LogP contribution in [0.2, 0.25) is 0 Å². The van der Waals surface area contributed by atoms with Crippen LogP contribution >= 0.6 is 27.3 Å². The summed E-state index contributed by atoms with van der Waals surface area (Å²) in [4.78, 5) is 36.7. The van der Waals surface area contributed by atoms with Crippen molar-refractivity contribution in [2.75, 3.05) is 7.11 Å². The number of Topliss-reactive ketones (excluding diaryl/α,β-unsaturated/α-hetero) is 1. The minimum Gasteiger partial charge on any atom is -0.469 e. The number of ether oxygens (including phenoxy) is 1. The Morgan fingerprint density at radius 3 is 2.48 bits per heavy atom. The van der Waals surface area contributed by atoms with E-state index in [1.165, 1.54) is 18.4 Å². The Bertz CT molecular complexity index is 728. The van der Waals surface area contributed by atoms with E-state index in [4.69, 9.17) is 0 Å². The third-order valence-electron chi connectivity index (χ3n) is 3.57. The van der Waals surface area contributed by atoms with E-state index in [0.29, 0.717) is 5.56 Å². The molecule has 7 heteroatoms. The number of thiophene rings is 1. The molecule has 0 radical (unpaired) electrons. The number of amides is 1. The van der Waals surface area contributed by atoms with E-state index >= 15 is 0 Å². The number of rotatable bonds is 8. The van der Waals surface area contributed by atoms with Gasteiger partial charge in [-0.05, 0) is 23.6 Å². The number of esters is 1. The topological polar surface area (TPSA) is 72.5 Å². The lowest BCUT2D eigenvalue weighted by molar-refractivity contribution is -0.141. The van der Waals surface area contributed by atoms with Gasteiger partial charge in [0.1, 0.15) is 0 Å². The van der Waals surface area contributed by atoms with E-state index in [0.717, 1.165) is 9.35 Å². The highest BCUT2D eigenvalue weighted by Gasteiger charge is 2.20. The van der Waals surface area contributed by atoms with Crippen molar-refractivity contribution in [3.05, 3.63) is 56.7 Å². The number of ketones is 1. The van der Waals surface area contributed by atoms with Crippen LogP contribution in [0.4, 0.5) is 0 Å². The Morgan fingerprint density at radius 2 is 1.88 bits per heavy atom. The molecule has 1 aromatic heterocycles. The van der Waals surface area contributed by atoms with Crippen molar-refractivity contribution in [2.24, 2.45) is 0 Å². The van der Waals surface area contributed by atoms with Crippen molar-refractivity contribution in [1.29, 1.82) is 0 Å². The van der Waals surface area contributed by atoms with Gasteiger partial charge in [-0.15, -0.1) is 11.3 Å². The Balaban J connectivity index is 1.91. The molecule has 0 fully saturated rings. The molecule has 1 atom stereocenters. The molecular formula is C18H18BrNO4S. The van der Waals surface area contributed by atoms with Crippen molar-refractivity contribution in [1.82, 2.24) is 5.32 Å². The molecule has 0 aliphatic heterocycles. The number of halogens is 1. The average molecular weight is 424 g/mol. The molecule has 0 aliphatic carbocycles. The Labute approximate surface area is 158 Å². The lowest BCUT2D eigenvalue weighted by Crippen LogP contribution is -2.30. The first-order chi connectivity index (χ1) is 12.0. The predicted molar refractivity (Wildman–Crippen MR) is 99.5 cm³/mol. The van der Waals surface area contributed by atoms with Crippen molar-refractivity contribution in [2.45, 2.75) is 25.3 Å². The van der Waals surface area contributed by atoms with Gasteiger partial charge in [-0.2, -0.15) is 0 Å². The van der Waals surface area contributed by atoms with Crippen LogP contribution in [0.15, 0.2) is 46.3 Å². The van der Waals surface area contributed by atoms with Crippen LogP contribution in [-0.4, -0.2) is 24.8 Å². The van der Waals surface area contributed by atoms with Crippen LogP contribution in [0, 0.1) is 0 Å².